The quantitative estimate of drug-likeness (QED) is 0.831. The van der Waals surface area contributed by atoms with Crippen LogP contribution in [-0.2, 0) is 7.05 Å². The molecule has 0 aliphatic carbocycles. The molecule has 2 aromatic rings. The Balaban J connectivity index is 2.15. The molecule has 2 rings (SSSR count). The van der Waals surface area contributed by atoms with Gasteiger partial charge in [0.15, 0.2) is 0 Å². The maximum absolute atomic E-state index is 12.1. The lowest BCUT2D eigenvalue weighted by molar-refractivity contribution is 0.0944. The topological polar surface area (TPSA) is 56.1 Å². The number of rotatable bonds is 6. The summed E-state index contributed by atoms with van der Waals surface area (Å²) in [5.74, 6) is 0.713. The van der Waals surface area contributed by atoms with Crippen LogP contribution in [0.4, 0.5) is 0 Å². The molecule has 0 saturated carbocycles. The fourth-order valence-corrected chi connectivity index (χ4v) is 2.05. The normalized spacial score (nSPS) is 10.4. The Hall–Kier alpha value is -2.30. The van der Waals surface area contributed by atoms with Crippen molar-refractivity contribution in [2.75, 3.05) is 13.7 Å². The van der Waals surface area contributed by atoms with Crippen molar-refractivity contribution in [2.45, 2.75) is 19.8 Å². The molecule has 1 aromatic carbocycles. The summed E-state index contributed by atoms with van der Waals surface area (Å²) in [6.45, 7) is 2.79. The summed E-state index contributed by atoms with van der Waals surface area (Å²) in [6, 6.07) is 9.43. The minimum atomic E-state index is -0.0850. The van der Waals surface area contributed by atoms with Gasteiger partial charge >= 0.3 is 0 Å². The van der Waals surface area contributed by atoms with Gasteiger partial charge in [0.05, 0.1) is 12.8 Å². The van der Waals surface area contributed by atoms with E-state index >= 15 is 0 Å². The number of hydrogen-bond donors (Lipinski definition) is 1. The second kappa shape index (κ2) is 6.92. The molecule has 0 saturated heterocycles. The number of aromatic nitrogens is 2. The Bertz CT molecular complexity index is 602. The van der Waals surface area contributed by atoms with Crippen molar-refractivity contribution >= 4 is 5.91 Å². The molecule has 0 bridgehead atoms. The maximum Gasteiger partial charge on any atom is 0.269 e. The average molecular weight is 287 g/mol. The van der Waals surface area contributed by atoms with Gasteiger partial charge in [-0.05, 0) is 36.8 Å². The second-order valence-corrected chi connectivity index (χ2v) is 4.88. The van der Waals surface area contributed by atoms with Crippen LogP contribution in [0.2, 0.25) is 0 Å². The number of nitrogens with zero attached hydrogens (tertiary/aromatic N) is 2. The molecule has 5 nitrogen and oxygen atoms in total. The summed E-state index contributed by atoms with van der Waals surface area (Å²) < 4.78 is 6.75. The van der Waals surface area contributed by atoms with Gasteiger partial charge in [0.2, 0.25) is 0 Å². The zero-order valence-corrected chi connectivity index (χ0v) is 12.7. The first-order valence-corrected chi connectivity index (χ1v) is 7.12. The molecule has 1 aromatic heterocycles. The van der Waals surface area contributed by atoms with E-state index in [1.807, 2.05) is 30.3 Å². The molecule has 21 heavy (non-hydrogen) atoms. The summed E-state index contributed by atoms with van der Waals surface area (Å²) in [6.07, 6.45) is 2.04. The third-order valence-electron chi connectivity index (χ3n) is 3.31. The van der Waals surface area contributed by atoms with Crippen molar-refractivity contribution in [3.05, 3.63) is 36.0 Å². The maximum atomic E-state index is 12.1. The zero-order valence-electron chi connectivity index (χ0n) is 12.7. The minimum absolute atomic E-state index is 0.0850. The first kappa shape index (κ1) is 15.1. The fourth-order valence-electron chi connectivity index (χ4n) is 2.05. The standard InChI is InChI=1S/C16H21N3O2/c1-4-5-10-17-16(20)15-11-14(18-19(15)2)12-6-8-13(21-3)9-7-12/h6-9,11H,4-5,10H2,1-3H3,(H,17,20). The monoisotopic (exact) mass is 287 g/mol. The number of carbonyl (C=O) groups excluding carboxylic acids is 1. The van der Waals surface area contributed by atoms with Crippen LogP contribution in [0.15, 0.2) is 30.3 Å². The molecule has 0 atom stereocenters. The molecule has 5 heteroatoms. The highest BCUT2D eigenvalue weighted by Gasteiger charge is 2.13. The van der Waals surface area contributed by atoms with Crippen molar-refractivity contribution in [1.29, 1.82) is 0 Å². The molecule has 0 unspecified atom stereocenters. The van der Waals surface area contributed by atoms with E-state index in [9.17, 15) is 4.79 Å². The molecule has 112 valence electrons. The van der Waals surface area contributed by atoms with E-state index in [0.29, 0.717) is 12.2 Å². The highest BCUT2D eigenvalue weighted by atomic mass is 16.5. The van der Waals surface area contributed by atoms with Gasteiger partial charge < -0.3 is 10.1 Å². The van der Waals surface area contributed by atoms with Gasteiger partial charge in [0.1, 0.15) is 11.4 Å². The van der Waals surface area contributed by atoms with Crippen molar-refractivity contribution in [1.82, 2.24) is 15.1 Å². The molecule has 0 radical (unpaired) electrons. The van der Waals surface area contributed by atoms with Crippen molar-refractivity contribution in [3.8, 4) is 17.0 Å². The van der Waals surface area contributed by atoms with Crippen LogP contribution in [0.5, 0.6) is 5.75 Å². The Morgan fingerprint density at radius 1 is 1.33 bits per heavy atom. The molecule has 0 aliphatic heterocycles. The van der Waals surface area contributed by atoms with Crippen molar-refractivity contribution in [2.24, 2.45) is 7.05 Å². The number of unbranched alkanes of at least 4 members (excludes halogenated alkanes) is 1. The molecular formula is C16H21N3O2. The molecule has 0 aliphatic rings. The third kappa shape index (κ3) is 3.62. The minimum Gasteiger partial charge on any atom is -0.497 e. The van der Waals surface area contributed by atoms with E-state index in [2.05, 4.69) is 17.3 Å². The van der Waals surface area contributed by atoms with Crippen molar-refractivity contribution in [3.63, 3.8) is 0 Å². The summed E-state index contributed by atoms with van der Waals surface area (Å²) >= 11 is 0. The molecular weight excluding hydrogens is 266 g/mol. The smallest absolute Gasteiger partial charge is 0.269 e. The first-order chi connectivity index (χ1) is 10.2. The van der Waals surface area contributed by atoms with Crippen LogP contribution in [0.25, 0.3) is 11.3 Å². The lowest BCUT2D eigenvalue weighted by atomic mass is 10.1. The van der Waals surface area contributed by atoms with Crippen LogP contribution in [-0.4, -0.2) is 29.3 Å². The SMILES string of the molecule is CCCCNC(=O)c1cc(-c2ccc(OC)cc2)nn1C. The number of nitrogens with one attached hydrogen (secondary N) is 1. The van der Waals surface area contributed by atoms with Crippen LogP contribution in [0.1, 0.15) is 30.3 Å². The summed E-state index contributed by atoms with van der Waals surface area (Å²) in [5.41, 5.74) is 2.30. The lowest BCUT2D eigenvalue weighted by Crippen LogP contribution is -2.26. The number of amides is 1. The van der Waals surface area contributed by atoms with Crippen LogP contribution in [0.3, 0.4) is 0 Å². The number of ether oxygens (including phenoxy) is 1. The average Bonchev–Trinajstić information content (AvgIpc) is 2.89. The van der Waals surface area contributed by atoms with Gasteiger partial charge in [-0.15, -0.1) is 0 Å². The van der Waals surface area contributed by atoms with E-state index < -0.39 is 0 Å². The number of carbonyl (C=O) groups is 1. The van der Waals surface area contributed by atoms with Crippen LogP contribution in [0, 0.1) is 0 Å². The highest BCUT2D eigenvalue weighted by molar-refractivity contribution is 5.93. The highest BCUT2D eigenvalue weighted by Crippen LogP contribution is 2.21. The summed E-state index contributed by atoms with van der Waals surface area (Å²) in [5, 5.41) is 7.30. The molecule has 1 amide bonds. The number of hydrogen-bond acceptors (Lipinski definition) is 3. The van der Waals surface area contributed by atoms with E-state index in [1.54, 1.807) is 18.8 Å². The number of benzene rings is 1. The largest absolute Gasteiger partial charge is 0.497 e. The van der Waals surface area contributed by atoms with Gasteiger partial charge in [-0.25, -0.2) is 0 Å². The Morgan fingerprint density at radius 3 is 2.67 bits per heavy atom. The van der Waals surface area contributed by atoms with Crippen molar-refractivity contribution < 1.29 is 9.53 Å². The molecule has 0 fully saturated rings. The van der Waals surface area contributed by atoms with E-state index in [4.69, 9.17) is 4.74 Å². The summed E-state index contributed by atoms with van der Waals surface area (Å²) in [4.78, 5) is 12.1. The predicted octanol–water partition coefficient (Wildman–Crippen LogP) is 2.63. The summed E-state index contributed by atoms with van der Waals surface area (Å²) in [7, 11) is 3.41. The van der Waals surface area contributed by atoms with Gasteiger partial charge in [-0.2, -0.15) is 5.10 Å². The Kier molecular flexibility index (Phi) is 4.98. The Labute approximate surface area is 124 Å². The second-order valence-electron chi connectivity index (χ2n) is 4.88. The van der Waals surface area contributed by atoms with Gasteiger partial charge in [0.25, 0.3) is 5.91 Å². The zero-order chi connectivity index (χ0) is 15.2. The number of aryl methyl sites for hydroxylation is 1. The lowest BCUT2D eigenvalue weighted by Gasteiger charge is -2.03. The number of methoxy groups -OCH3 is 1. The van der Waals surface area contributed by atoms with Gasteiger partial charge in [0, 0.05) is 19.2 Å². The predicted molar refractivity (Wildman–Crippen MR) is 82.4 cm³/mol. The Morgan fingerprint density at radius 2 is 2.05 bits per heavy atom. The first-order valence-electron chi connectivity index (χ1n) is 7.12. The van der Waals surface area contributed by atoms with Crippen LogP contribution >= 0.6 is 0 Å². The van der Waals surface area contributed by atoms with Gasteiger partial charge in [-0.3, -0.25) is 9.48 Å². The fraction of sp³-hybridized carbons (Fsp3) is 0.375. The van der Waals surface area contributed by atoms with Gasteiger partial charge in [-0.1, -0.05) is 13.3 Å². The third-order valence-corrected chi connectivity index (χ3v) is 3.31. The molecule has 1 heterocycles. The molecule has 0 spiro atoms. The van der Waals surface area contributed by atoms with E-state index in [0.717, 1.165) is 29.8 Å². The van der Waals surface area contributed by atoms with E-state index in [1.165, 1.54) is 0 Å². The molecule has 1 N–H and O–H groups in total. The van der Waals surface area contributed by atoms with E-state index in [-0.39, 0.29) is 5.91 Å². The van der Waals surface area contributed by atoms with Crippen LogP contribution < -0.4 is 10.1 Å².